The van der Waals surface area contributed by atoms with Gasteiger partial charge in [0.05, 0.1) is 0 Å². The van der Waals surface area contributed by atoms with E-state index in [9.17, 15) is 4.79 Å². The van der Waals surface area contributed by atoms with Crippen molar-refractivity contribution in [3.05, 3.63) is 71.2 Å². The van der Waals surface area contributed by atoms with E-state index in [0.717, 1.165) is 42.1 Å². The van der Waals surface area contributed by atoms with Crippen molar-refractivity contribution in [2.75, 3.05) is 18.5 Å². The second-order valence-electron chi connectivity index (χ2n) is 7.23. The van der Waals surface area contributed by atoms with Crippen molar-refractivity contribution in [3.8, 4) is 11.1 Å². The lowest BCUT2D eigenvalue weighted by Crippen LogP contribution is -2.33. The van der Waals surface area contributed by atoms with Crippen LogP contribution in [-0.2, 0) is 19.5 Å². The van der Waals surface area contributed by atoms with Gasteiger partial charge in [0.15, 0.2) is 0 Å². The van der Waals surface area contributed by atoms with Crippen LogP contribution in [0.2, 0.25) is 0 Å². The van der Waals surface area contributed by atoms with Gasteiger partial charge in [-0.1, -0.05) is 12.1 Å². The van der Waals surface area contributed by atoms with E-state index < -0.39 is 0 Å². The Bertz CT molecular complexity index is 1020. The van der Waals surface area contributed by atoms with Crippen molar-refractivity contribution >= 4 is 11.7 Å². The van der Waals surface area contributed by atoms with E-state index in [1.807, 2.05) is 12.1 Å². The first kappa shape index (κ1) is 18.3. The molecule has 144 valence electrons. The summed E-state index contributed by atoms with van der Waals surface area (Å²) in [5.74, 6) is 0.937. The van der Waals surface area contributed by atoms with Crippen molar-refractivity contribution < 1.29 is 4.79 Å². The van der Waals surface area contributed by atoms with E-state index in [1.54, 1.807) is 7.05 Å². The van der Waals surface area contributed by atoms with Gasteiger partial charge < -0.3 is 14.8 Å². The summed E-state index contributed by atoms with van der Waals surface area (Å²) < 4.78 is 2.17. The van der Waals surface area contributed by atoms with Crippen LogP contribution in [0.1, 0.15) is 34.1 Å². The van der Waals surface area contributed by atoms with Gasteiger partial charge >= 0.3 is 0 Å². The maximum Gasteiger partial charge on any atom is 0.251 e. The zero-order valence-electron chi connectivity index (χ0n) is 16.7. The van der Waals surface area contributed by atoms with Gasteiger partial charge in [0, 0.05) is 61.5 Å². The third-order valence-electron chi connectivity index (χ3n) is 5.57. The molecule has 1 aliphatic rings. The van der Waals surface area contributed by atoms with Gasteiger partial charge in [0.2, 0.25) is 0 Å². The summed E-state index contributed by atoms with van der Waals surface area (Å²) in [5.41, 5.74) is 6.52. The summed E-state index contributed by atoms with van der Waals surface area (Å²) in [7, 11) is 1.68. The van der Waals surface area contributed by atoms with Crippen molar-refractivity contribution in [1.82, 2.24) is 14.9 Å². The first-order valence-electron chi connectivity index (χ1n) is 9.82. The summed E-state index contributed by atoms with van der Waals surface area (Å²) in [6, 6.07) is 12.4. The highest BCUT2D eigenvalue weighted by Gasteiger charge is 2.22. The Hall–Kier alpha value is -3.08. The van der Waals surface area contributed by atoms with Gasteiger partial charge in [-0.2, -0.15) is 0 Å². The number of fused-ring (bicyclic) bond motifs is 1. The van der Waals surface area contributed by atoms with Crippen LogP contribution in [0.15, 0.2) is 48.8 Å². The Morgan fingerprint density at radius 2 is 2.07 bits per heavy atom. The van der Waals surface area contributed by atoms with Crippen molar-refractivity contribution in [2.45, 2.75) is 33.4 Å². The molecule has 0 atom stereocenters. The van der Waals surface area contributed by atoms with Crippen LogP contribution < -0.4 is 10.2 Å². The Kier molecular flexibility index (Phi) is 4.90. The van der Waals surface area contributed by atoms with Crippen molar-refractivity contribution in [2.24, 2.45) is 0 Å². The molecule has 0 saturated carbocycles. The van der Waals surface area contributed by atoms with Crippen molar-refractivity contribution in [3.63, 3.8) is 0 Å². The van der Waals surface area contributed by atoms with Crippen LogP contribution in [-0.4, -0.2) is 29.1 Å². The quantitative estimate of drug-likeness (QED) is 0.756. The number of carbonyl (C=O) groups excluding carboxylic acids is 1. The maximum atomic E-state index is 12.3. The number of benzene rings is 1. The largest absolute Gasteiger partial charge is 0.355 e. The number of nitrogens with zero attached hydrogens (tertiary/aromatic N) is 3. The molecule has 0 unspecified atom stereocenters. The lowest BCUT2D eigenvalue weighted by Gasteiger charge is -2.31. The average molecular weight is 374 g/mol. The number of aryl methyl sites for hydroxylation is 2. The van der Waals surface area contributed by atoms with Crippen LogP contribution in [0.4, 0.5) is 5.82 Å². The fraction of sp³-hybridized carbons (Fsp3) is 0.304. The summed E-state index contributed by atoms with van der Waals surface area (Å²) in [5, 5.41) is 2.75. The molecule has 0 radical (unpaired) electrons. The normalized spacial score (nSPS) is 13.3. The van der Waals surface area contributed by atoms with Gasteiger partial charge in [-0.25, -0.2) is 4.98 Å². The lowest BCUT2D eigenvalue weighted by atomic mass is 9.94. The Labute approximate surface area is 166 Å². The molecule has 28 heavy (non-hydrogen) atoms. The zero-order chi connectivity index (χ0) is 19.7. The predicted molar refractivity (Wildman–Crippen MR) is 113 cm³/mol. The van der Waals surface area contributed by atoms with Crippen LogP contribution in [0.5, 0.6) is 0 Å². The molecule has 1 N–H and O–H groups in total. The molecule has 1 aromatic carbocycles. The average Bonchev–Trinajstić information content (AvgIpc) is 3.21. The SMILES string of the molecule is CCn1ccc(-c2ccc(N3CCc4cccc(C(=O)NC)c4C3)nc2C)c1. The minimum absolute atomic E-state index is 0.0291. The van der Waals surface area contributed by atoms with Gasteiger partial charge in [-0.05, 0) is 55.7 Å². The van der Waals surface area contributed by atoms with E-state index >= 15 is 0 Å². The third kappa shape index (κ3) is 3.28. The summed E-state index contributed by atoms with van der Waals surface area (Å²) in [6.45, 7) is 6.78. The van der Waals surface area contributed by atoms with Gasteiger partial charge in [0.25, 0.3) is 5.91 Å². The molecular formula is C23H26N4O. The standard InChI is InChI=1S/C23H26N4O/c1-4-26-12-10-18(14-26)19-8-9-22(25-16(19)2)27-13-11-17-6-5-7-20(21(17)15-27)23(28)24-3/h5-10,12,14H,4,11,13,15H2,1-3H3,(H,24,28). The molecule has 2 aromatic heterocycles. The Balaban J connectivity index is 1.63. The van der Waals surface area contributed by atoms with Gasteiger partial charge in [-0.15, -0.1) is 0 Å². The van der Waals surface area contributed by atoms with E-state index in [1.165, 1.54) is 16.7 Å². The molecule has 0 bridgehead atoms. The minimum atomic E-state index is -0.0291. The highest BCUT2D eigenvalue weighted by atomic mass is 16.1. The fourth-order valence-corrected chi connectivity index (χ4v) is 3.95. The van der Waals surface area contributed by atoms with Crippen LogP contribution in [0.25, 0.3) is 11.1 Å². The monoisotopic (exact) mass is 374 g/mol. The molecule has 1 aliphatic heterocycles. The number of carbonyl (C=O) groups is 1. The molecule has 3 aromatic rings. The van der Waals surface area contributed by atoms with E-state index in [4.69, 9.17) is 4.98 Å². The van der Waals surface area contributed by atoms with Crippen LogP contribution in [0, 0.1) is 6.92 Å². The fourth-order valence-electron chi connectivity index (χ4n) is 3.95. The smallest absolute Gasteiger partial charge is 0.251 e. The zero-order valence-corrected chi connectivity index (χ0v) is 16.7. The molecule has 3 heterocycles. The molecule has 0 saturated heterocycles. The highest BCUT2D eigenvalue weighted by Crippen LogP contribution is 2.29. The molecule has 0 spiro atoms. The highest BCUT2D eigenvalue weighted by molar-refractivity contribution is 5.96. The molecule has 5 nitrogen and oxygen atoms in total. The molecule has 0 fully saturated rings. The maximum absolute atomic E-state index is 12.3. The predicted octanol–water partition coefficient (Wildman–Crippen LogP) is 3.80. The van der Waals surface area contributed by atoms with E-state index in [-0.39, 0.29) is 5.91 Å². The first-order chi connectivity index (χ1) is 13.6. The minimum Gasteiger partial charge on any atom is -0.355 e. The number of hydrogen-bond donors (Lipinski definition) is 1. The van der Waals surface area contributed by atoms with Crippen LogP contribution >= 0.6 is 0 Å². The van der Waals surface area contributed by atoms with Gasteiger partial charge in [0.1, 0.15) is 5.82 Å². The molecule has 1 amide bonds. The number of nitrogens with one attached hydrogen (secondary N) is 1. The topological polar surface area (TPSA) is 50.2 Å². The second-order valence-corrected chi connectivity index (χ2v) is 7.23. The lowest BCUT2D eigenvalue weighted by molar-refractivity contribution is 0.0962. The number of anilines is 1. The van der Waals surface area contributed by atoms with Crippen molar-refractivity contribution in [1.29, 1.82) is 0 Å². The Morgan fingerprint density at radius 3 is 2.79 bits per heavy atom. The first-order valence-corrected chi connectivity index (χ1v) is 9.82. The van der Waals surface area contributed by atoms with Gasteiger partial charge in [-0.3, -0.25) is 4.79 Å². The van der Waals surface area contributed by atoms with E-state index in [2.05, 4.69) is 65.3 Å². The third-order valence-corrected chi connectivity index (χ3v) is 5.57. The molecule has 4 rings (SSSR count). The molecular weight excluding hydrogens is 348 g/mol. The summed E-state index contributed by atoms with van der Waals surface area (Å²) in [4.78, 5) is 19.4. The number of hydrogen-bond acceptors (Lipinski definition) is 3. The molecule has 0 aliphatic carbocycles. The second kappa shape index (κ2) is 7.50. The number of aromatic nitrogens is 2. The molecule has 5 heteroatoms. The number of rotatable bonds is 4. The van der Waals surface area contributed by atoms with Crippen LogP contribution in [0.3, 0.4) is 0 Å². The number of pyridine rings is 1. The Morgan fingerprint density at radius 1 is 1.21 bits per heavy atom. The van der Waals surface area contributed by atoms with E-state index in [0.29, 0.717) is 6.54 Å². The summed E-state index contributed by atoms with van der Waals surface area (Å²) in [6.07, 6.45) is 5.18. The number of amides is 1. The summed E-state index contributed by atoms with van der Waals surface area (Å²) >= 11 is 0.